The first-order chi connectivity index (χ1) is 12.0. The molecule has 2 N–H and O–H groups in total. The molecule has 1 saturated heterocycles. The van der Waals surface area contributed by atoms with E-state index < -0.39 is 5.82 Å². The van der Waals surface area contributed by atoms with Crippen LogP contribution in [0.5, 0.6) is 0 Å². The Kier molecular flexibility index (Phi) is 5.56. The average Bonchev–Trinajstić information content (AvgIpc) is 2.64. The van der Waals surface area contributed by atoms with E-state index in [1.807, 2.05) is 25.1 Å². The van der Waals surface area contributed by atoms with Gasteiger partial charge in [0.2, 0.25) is 0 Å². The number of halogens is 2. The van der Waals surface area contributed by atoms with Crippen LogP contribution in [0.2, 0.25) is 5.02 Å². The fraction of sp³-hybridized carbons (Fsp3) is 0.316. The van der Waals surface area contributed by atoms with Gasteiger partial charge in [0.25, 0.3) is 5.91 Å². The van der Waals surface area contributed by atoms with Gasteiger partial charge in [0.05, 0.1) is 31.9 Å². The normalized spacial score (nSPS) is 16.5. The third-order valence-electron chi connectivity index (χ3n) is 4.72. The summed E-state index contributed by atoms with van der Waals surface area (Å²) >= 11 is 5.74. The quantitative estimate of drug-likeness (QED) is 0.875. The zero-order valence-electron chi connectivity index (χ0n) is 14.1. The SMILES string of the molecule is C[C@H](C(=O)Nc1ccc(Cl)cc1F)[NH+]1CCN(c2ccccc2)CC1. The highest BCUT2D eigenvalue weighted by molar-refractivity contribution is 6.30. The van der Waals surface area contributed by atoms with E-state index in [0.717, 1.165) is 26.2 Å². The van der Waals surface area contributed by atoms with E-state index in [4.69, 9.17) is 11.6 Å². The van der Waals surface area contributed by atoms with Gasteiger partial charge in [0.15, 0.2) is 6.04 Å². The van der Waals surface area contributed by atoms with E-state index in [1.54, 1.807) is 6.07 Å². The number of anilines is 2. The highest BCUT2D eigenvalue weighted by Gasteiger charge is 2.29. The van der Waals surface area contributed by atoms with Gasteiger partial charge in [-0.1, -0.05) is 29.8 Å². The summed E-state index contributed by atoms with van der Waals surface area (Å²) in [7, 11) is 0. The molecule has 0 saturated carbocycles. The number of nitrogens with one attached hydrogen (secondary N) is 2. The third-order valence-corrected chi connectivity index (χ3v) is 4.96. The highest BCUT2D eigenvalue weighted by Crippen LogP contribution is 2.19. The number of nitrogens with zero attached hydrogens (tertiary/aromatic N) is 1. The van der Waals surface area contributed by atoms with Gasteiger partial charge >= 0.3 is 0 Å². The van der Waals surface area contributed by atoms with Crippen LogP contribution in [-0.2, 0) is 4.79 Å². The molecule has 1 aliphatic heterocycles. The Balaban J connectivity index is 1.56. The molecule has 25 heavy (non-hydrogen) atoms. The number of hydrogen-bond acceptors (Lipinski definition) is 2. The van der Waals surface area contributed by atoms with Crippen molar-refractivity contribution < 1.29 is 14.1 Å². The Labute approximate surface area is 152 Å². The van der Waals surface area contributed by atoms with E-state index in [0.29, 0.717) is 5.02 Å². The second-order valence-corrected chi connectivity index (χ2v) is 6.75. The van der Waals surface area contributed by atoms with Gasteiger partial charge < -0.3 is 15.1 Å². The van der Waals surface area contributed by atoms with E-state index in [-0.39, 0.29) is 17.6 Å². The lowest BCUT2D eigenvalue weighted by Gasteiger charge is -2.36. The number of para-hydroxylation sites is 1. The average molecular weight is 363 g/mol. The molecule has 1 fully saturated rings. The topological polar surface area (TPSA) is 36.8 Å². The number of carbonyl (C=O) groups is 1. The lowest BCUT2D eigenvalue weighted by Crippen LogP contribution is -3.19. The van der Waals surface area contributed by atoms with E-state index in [1.165, 1.54) is 22.7 Å². The molecule has 3 rings (SSSR count). The predicted octanol–water partition coefficient (Wildman–Crippen LogP) is 2.21. The molecule has 0 bridgehead atoms. The zero-order chi connectivity index (χ0) is 17.8. The van der Waals surface area contributed by atoms with Crippen LogP contribution < -0.4 is 15.1 Å². The molecule has 4 nitrogen and oxygen atoms in total. The summed E-state index contributed by atoms with van der Waals surface area (Å²) in [6, 6.07) is 14.3. The largest absolute Gasteiger partial charge is 0.360 e. The van der Waals surface area contributed by atoms with Gasteiger partial charge in [-0.25, -0.2) is 4.39 Å². The first-order valence-corrected chi connectivity index (χ1v) is 8.83. The van der Waals surface area contributed by atoms with Gasteiger partial charge in [0, 0.05) is 10.7 Å². The van der Waals surface area contributed by atoms with E-state index >= 15 is 0 Å². The Hall–Kier alpha value is -2.11. The molecule has 132 valence electrons. The predicted molar refractivity (Wildman–Crippen MR) is 98.9 cm³/mol. The second kappa shape index (κ2) is 7.85. The fourth-order valence-corrected chi connectivity index (χ4v) is 3.30. The van der Waals surface area contributed by atoms with E-state index in [9.17, 15) is 9.18 Å². The Morgan fingerprint density at radius 3 is 2.52 bits per heavy atom. The molecule has 1 amide bonds. The number of quaternary nitrogens is 1. The summed E-state index contributed by atoms with van der Waals surface area (Å²) in [5, 5.41) is 2.98. The van der Waals surface area contributed by atoms with Gasteiger partial charge in [-0.05, 0) is 37.3 Å². The number of amides is 1. The van der Waals surface area contributed by atoms with Crippen LogP contribution in [0.3, 0.4) is 0 Å². The monoisotopic (exact) mass is 362 g/mol. The maximum Gasteiger partial charge on any atom is 0.282 e. The van der Waals surface area contributed by atoms with Crippen molar-refractivity contribution in [2.45, 2.75) is 13.0 Å². The Morgan fingerprint density at radius 1 is 1.20 bits per heavy atom. The second-order valence-electron chi connectivity index (χ2n) is 6.32. The van der Waals surface area contributed by atoms with Crippen molar-refractivity contribution in [2.75, 3.05) is 36.4 Å². The summed E-state index contributed by atoms with van der Waals surface area (Å²) in [6.07, 6.45) is 0. The van der Waals surface area contributed by atoms with Crippen LogP contribution in [0, 0.1) is 5.82 Å². The number of hydrogen-bond donors (Lipinski definition) is 2. The van der Waals surface area contributed by atoms with Gasteiger partial charge in [0.1, 0.15) is 5.82 Å². The minimum Gasteiger partial charge on any atom is -0.360 e. The first-order valence-electron chi connectivity index (χ1n) is 8.45. The van der Waals surface area contributed by atoms with Crippen LogP contribution in [0.1, 0.15) is 6.92 Å². The van der Waals surface area contributed by atoms with Crippen molar-refractivity contribution in [3.8, 4) is 0 Å². The minimum absolute atomic E-state index is 0.170. The maximum atomic E-state index is 13.8. The maximum absolute atomic E-state index is 13.8. The van der Waals surface area contributed by atoms with Gasteiger partial charge in [-0.3, -0.25) is 4.79 Å². The molecule has 6 heteroatoms. The fourth-order valence-electron chi connectivity index (χ4n) is 3.14. The number of carbonyl (C=O) groups excluding carboxylic acids is 1. The van der Waals surface area contributed by atoms with Crippen LogP contribution in [0.15, 0.2) is 48.5 Å². The summed E-state index contributed by atoms with van der Waals surface area (Å²) in [4.78, 5) is 16.0. The van der Waals surface area contributed by atoms with Gasteiger partial charge in [-0.2, -0.15) is 0 Å². The van der Waals surface area contributed by atoms with Crippen LogP contribution >= 0.6 is 11.6 Å². The Morgan fingerprint density at radius 2 is 1.88 bits per heavy atom. The molecular formula is C19H22ClFN3O+. The zero-order valence-corrected chi connectivity index (χ0v) is 14.9. The lowest BCUT2D eigenvalue weighted by molar-refractivity contribution is -0.914. The van der Waals surface area contributed by atoms with Gasteiger partial charge in [-0.15, -0.1) is 0 Å². The molecule has 0 spiro atoms. The minimum atomic E-state index is -0.517. The van der Waals surface area contributed by atoms with Crippen LogP contribution in [0.25, 0.3) is 0 Å². The molecule has 2 aromatic rings. The van der Waals surface area contributed by atoms with Crippen LogP contribution in [0.4, 0.5) is 15.8 Å². The van der Waals surface area contributed by atoms with Crippen molar-refractivity contribution in [1.29, 1.82) is 0 Å². The number of piperazine rings is 1. The van der Waals surface area contributed by atoms with Crippen molar-refractivity contribution in [1.82, 2.24) is 0 Å². The van der Waals surface area contributed by atoms with Crippen molar-refractivity contribution in [2.24, 2.45) is 0 Å². The molecule has 0 unspecified atom stereocenters. The highest BCUT2D eigenvalue weighted by atomic mass is 35.5. The summed E-state index contributed by atoms with van der Waals surface area (Å²) in [5.74, 6) is -0.693. The Bertz CT molecular complexity index is 733. The number of benzene rings is 2. The summed E-state index contributed by atoms with van der Waals surface area (Å²) in [6.45, 7) is 5.41. The molecular weight excluding hydrogens is 341 g/mol. The third kappa shape index (κ3) is 4.30. The van der Waals surface area contributed by atoms with Crippen LogP contribution in [-0.4, -0.2) is 38.1 Å². The molecule has 1 aliphatic rings. The smallest absolute Gasteiger partial charge is 0.282 e. The molecule has 0 aromatic heterocycles. The standard InChI is InChI=1S/C19H21ClFN3O/c1-14(19(25)22-18-8-7-15(20)13-17(18)21)23-9-11-24(12-10-23)16-5-3-2-4-6-16/h2-8,13-14H,9-12H2,1H3,(H,22,25)/p+1/t14-/m1/s1. The molecule has 1 heterocycles. The summed E-state index contributed by atoms with van der Waals surface area (Å²) < 4.78 is 13.8. The first kappa shape index (κ1) is 17.7. The lowest BCUT2D eigenvalue weighted by atomic mass is 10.2. The molecule has 0 aliphatic carbocycles. The van der Waals surface area contributed by atoms with Crippen molar-refractivity contribution >= 4 is 28.9 Å². The van der Waals surface area contributed by atoms with Crippen molar-refractivity contribution in [3.63, 3.8) is 0 Å². The summed E-state index contributed by atoms with van der Waals surface area (Å²) in [5.41, 5.74) is 1.38. The van der Waals surface area contributed by atoms with E-state index in [2.05, 4.69) is 22.3 Å². The molecule has 2 aromatic carbocycles. The number of rotatable bonds is 4. The molecule has 1 atom stereocenters. The molecule has 0 radical (unpaired) electrons. The van der Waals surface area contributed by atoms with Crippen molar-refractivity contribution in [3.05, 3.63) is 59.4 Å².